The fourth-order valence-electron chi connectivity index (χ4n) is 3.54. The molecular formula is C26H23ClN4O3. The lowest BCUT2D eigenvalue weighted by Crippen LogP contribution is -2.27. The van der Waals surface area contributed by atoms with E-state index in [4.69, 9.17) is 27.2 Å². The smallest absolute Gasteiger partial charge is 0.257 e. The molecule has 0 saturated heterocycles. The number of benzene rings is 3. The Kier molecular flexibility index (Phi) is 6.94. The minimum Gasteiger partial charge on any atom is -0.483 e. The van der Waals surface area contributed by atoms with Crippen LogP contribution >= 0.6 is 11.6 Å². The SMILES string of the molecule is CN(Cc1cn(-c2ccccc2)nc1-c1ccc(Cl)cc1)C(=O)c1ccccc1OCC(N)=O. The number of carbonyl (C=O) groups is 2. The first-order valence-corrected chi connectivity index (χ1v) is 11.0. The zero-order valence-corrected chi connectivity index (χ0v) is 19.3. The van der Waals surface area contributed by atoms with Crippen LogP contribution in [0.3, 0.4) is 0 Å². The van der Waals surface area contributed by atoms with Crippen LogP contribution in [0.15, 0.2) is 85.1 Å². The standard InChI is InChI=1S/C26H23ClN4O3/c1-30(26(33)22-9-5-6-10-23(22)34-17-24(28)32)15-19-16-31(21-7-3-2-4-8-21)29-25(19)18-11-13-20(27)14-12-18/h2-14,16H,15,17H2,1H3,(H2,28,32). The fourth-order valence-corrected chi connectivity index (χ4v) is 3.67. The van der Waals surface area contributed by atoms with Crippen LogP contribution in [0.5, 0.6) is 5.75 Å². The molecular weight excluding hydrogens is 452 g/mol. The maximum absolute atomic E-state index is 13.3. The zero-order chi connectivity index (χ0) is 24.1. The van der Waals surface area contributed by atoms with Crippen LogP contribution in [-0.4, -0.2) is 40.1 Å². The number of primary amides is 1. The molecule has 2 amide bonds. The van der Waals surface area contributed by atoms with E-state index in [1.165, 1.54) is 0 Å². The van der Waals surface area contributed by atoms with Crippen molar-refractivity contribution in [1.29, 1.82) is 0 Å². The quantitative estimate of drug-likeness (QED) is 0.411. The summed E-state index contributed by atoms with van der Waals surface area (Å²) < 4.78 is 7.23. The van der Waals surface area contributed by atoms with Gasteiger partial charge in [-0.25, -0.2) is 4.68 Å². The van der Waals surface area contributed by atoms with Crippen LogP contribution < -0.4 is 10.5 Å². The van der Waals surface area contributed by atoms with E-state index in [2.05, 4.69) is 0 Å². The molecule has 0 unspecified atom stereocenters. The van der Waals surface area contributed by atoms with Crippen molar-refractivity contribution in [2.24, 2.45) is 5.73 Å². The maximum atomic E-state index is 13.3. The van der Waals surface area contributed by atoms with Gasteiger partial charge in [0, 0.05) is 35.9 Å². The Hall–Kier alpha value is -4.10. The molecule has 0 bridgehead atoms. The van der Waals surface area contributed by atoms with Crippen LogP contribution in [0.1, 0.15) is 15.9 Å². The summed E-state index contributed by atoms with van der Waals surface area (Å²) in [6, 6.07) is 23.9. The molecule has 172 valence electrons. The highest BCUT2D eigenvalue weighted by molar-refractivity contribution is 6.30. The van der Waals surface area contributed by atoms with E-state index >= 15 is 0 Å². The van der Waals surface area contributed by atoms with Gasteiger partial charge in [0.2, 0.25) is 0 Å². The van der Waals surface area contributed by atoms with E-state index in [1.54, 1.807) is 40.9 Å². The Morgan fingerprint density at radius 3 is 2.38 bits per heavy atom. The third-order valence-electron chi connectivity index (χ3n) is 5.17. The fraction of sp³-hybridized carbons (Fsp3) is 0.115. The number of aromatic nitrogens is 2. The van der Waals surface area contributed by atoms with Crippen molar-refractivity contribution < 1.29 is 14.3 Å². The molecule has 4 aromatic rings. The number of hydrogen-bond donors (Lipinski definition) is 1. The summed E-state index contributed by atoms with van der Waals surface area (Å²) in [6.07, 6.45) is 1.92. The first kappa shape index (κ1) is 23.1. The number of hydrogen-bond acceptors (Lipinski definition) is 4. The second-order valence-electron chi connectivity index (χ2n) is 7.70. The molecule has 3 aromatic carbocycles. The third-order valence-corrected chi connectivity index (χ3v) is 5.42. The van der Waals surface area contributed by atoms with Gasteiger partial charge in [0.1, 0.15) is 5.75 Å². The van der Waals surface area contributed by atoms with E-state index in [0.717, 1.165) is 22.5 Å². The van der Waals surface area contributed by atoms with Crippen molar-refractivity contribution in [3.8, 4) is 22.7 Å². The van der Waals surface area contributed by atoms with Crippen molar-refractivity contribution in [3.63, 3.8) is 0 Å². The van der Waals surface area contributed by atoms with Crippen molar-refractivity contribution in [1.82, 2.24) is 14.7 Å². The number of para-hydroxylation sites is 2. The Balaban J connectivity index is 1.65. The van der Waals surface area contributed by atoms with Crippen LogP contribution in [-0.2, 0) is 11.3 Å². The minimum absolute atomic E-state index is 0.255. The van der Waals surface area contributed by atoms with Crippen LogP contribution in [0.2, 0.25) is 5.02 Å². The number of halogens is 1. The molecule has 1 aromatic heterocycles. The van der Waals surface area contributed by atoms with E-state index < -0.39 is 5.91 Å². The third kappa shape index (κ3) is 5.27. The summed E-state index contributed by atoms with van der Waals surface area (Å²) in [5.74, 6) is -0.567. The van der Waals surface area contributed by atoms with E-state index in [-0.39, 0.29) is 12.5 Å². The van der Waals surface area contributed by atoms with Crippen molar-refractivity contribution in [2.75, 3.05) is 13.7 Å². The van der Waals surface area contributed by atoms with E-state index in [9.17, 15) is 9.59 Å². The molecule has 0 aliphatic rings. The Morgan fingerprint density at radius 2 is 1.68 bits per heavy atom. The predicted octanol–water partition coefficient (Wildman–Crippen LogP) is 4.33. The molecule has 0 atom stereocenters. The molecule has 2 N–H and O–H groups in total. The maximum Gasteiger partial charge on any atom is 0.257 e. The van der Waals surface area contributed by atoms with Gasteiger partial charge >= 0.3 is 0 Å². The van der Waals surface area contributed by atoms with Crippen LogP contribution in [0, 0.1) is 0 Å². The first-order chi connectivity index (χ1) is 16.4. The highest BCUT2D eigenvalue weighted by Gasteiger charge is 2.20. The molecule has 0 aliphatic carbocycles. The van der Waals surface area contributed by atoms with Gasteiger partial charge in [-0.2, -0.15) is 5.10 Å². The predicted molar refractivity (Wildman–Crippen MR) is 131 cm³/mol. The molecule has 0 fully saturated rings. The molecule has 8 heteroatoms. The second kappa shape index (κ2) is 10.2. The van der Waals surface area contributed by atoms with Gasteiger partial charge in [-0.15, -0.1) is 0 Å². The van der Waals surface area contributed by atoms with Crippen LogP contribution in [0.25, 0.3) is 16.9 Å². The number of nitrogens with two attached hydrogens (primary N) is 1. The summed E-state index contributed by atoms with van der Waals surface area (Å²) in [6.45, 7) is -0.00759. The lowest BCUT2D eigenvalue weighted by molar-refractivity contribution is -0.119. The summed E-state index contributed by atoms with van der Waals surface area (Å²) >= 11 is 6.07. The largest absolute Gasteiger partial charge is 0.483 e. The van der Waals surface area contributed by atoms with Gasteiger partial charge in [-0.3, -0.25) is 9.59 Å². The molecule has 0 aliphatic heterocycles. The zero-order valence-electron chi connectivity index (χ0n) is 18.5. The summed E-state index contributed by atoms with van der Waals surface area (Å²) in [5, 5.41) is 5.42. The van der Waals surface area contributed by atoms with E-state index in [0.29, 0.717) is 22.9 Å². The summed E-state index contributed by atoms with van der Waals surface area (Å²) in [5.41, 5.74) is 8.93. The number of nitrogens with zero attached hydrogens (tertiary/aromatic N) is 3. The first-order valence-electron chi connectivity index (χ1n) is 10.6. The van der Waals surface area contributed by atoms with Gasteiger partial charge in [-0.05, 0) is 36.4 Å². The number of carbonyl (C=O) groups excluding carboxylic acids is 2. The monoisotopic (exact) mass is 474 g/mol. The summed E-state index contributed by atoms with van der Waals surface area (Å²) in [4.78, 5) is 26.0. The normalized spacial score (nSPS) is 10.6. The highest BCUT2D eigenvalue weighted by atomic mass is 35.5. The Morgan fingerprint density at radius 1 is 1.00 bits per heavy atom. The number of ether oxygens (including phenoxy) is 1. The van der Waals surface area contributed by atoms with Gasteiger partial charge in [-0.1, -0.05) is 54.1 Å². The second-order valence-corrected chi connectivity index (χ2v) is 8.14. The van der Waals surface area contributed by atoms with Crippen molar-refractivity contribution >= 4 is 23.4 Å². The van der Waals surface area contributed by atoms with Gasteiger partial charge < -0.3 is 15.4 Å². The van der Waals surface area contributed by atoms with Crippen molar-refractivity contribution in [3.05, 3.63) is 101 Å². The topological polar surface area (TPSA) is 90.4 Å². The number of amides is 2. The van der Waals surface area contributed by atoms with Gasteiger partial charge in [0.05, 0.1) is 16.9 Å². The molecule has 0 spiro atoms. The molecule has 1 heterocycles. The van der Waals surface area contributed by atoms with Crippen LogP contribution in [0.4, 0.5) is 0 Å². The molecule has 0 saturated carbocycles. The minimum atomic E-state index is -0.614. The average molecular weight is 475 g/mol. The number of rotatable bonds is 8. The average Bonchev–Trinajstić information content (AvgIpc) is 3.27. The molecule has 34 heavy (non-hydrogen) atoms. The van der Waals surface area contributed by atoms with Gasteiger partial charge in [0.25, 0.3) is 11.8 Å². The molecule has 7 nitrogen and oxygen atoms in total. The lowest BCUT2D eigenvalue weighted by Gasteiger charge is -2.19. The summed E-state index contributed by atoms with van der Waals surface area (Å²) in [7, 11) is 1.71. The highest BCUT2D eigenvalue weighted by Crippen LogP contribution is 2.27. The van der Waals surface area contributed by atoms with Crippen molar-refractivity contribution in [2.45, 2.75) is 6.54 Å². The van der Waals surface area contributed by atoms with E-state index in [1.807, 2.05) is 60.8 Å². The Labute approximate surface area is 202 Å². The molecule has 0 radical (unpaired) electrons. The lowest BCUT2D eigenvalue weighted by atomic mass is 10.1. The van der Waals surface area contributed by atoms with Gasteiger partial charge in [0.15, 0.2) is 6.61 Å². The Bertz CT molecular complexity index is 1300. The molecule has 4 rings (SSSR count).